The summed E-state index contributed by atoms with van der Waals surface area (Å²) in [7, 11) is 0. The van der Waals surface area contributed by atoms with Crippen LogP contribution in [0.25, 0.3) is 0 Å². The summed E-state index contributed by atoms with van der Waals surface area (Å²) in [6.45, 7) is 1.43. The van der Waals surface area contributed by atoms with Crippen LogP contribution >= 0.6 is 0 Å². The molecule has 0 radical (unpaired) electrons. The van der Waals surface area contributed by atoms with Crippen molar-refractivity contribution in [3.8, 4) is 0 Å². The number of halogens is 1. The van der Waals surface area contributed by atoms with Crippen molar-refractivity contribution >= 4 is 17.5 Å². The summed E-state index contributed by atoms with van der Waals surface area (Å²) in [5, 5.41) is 2.40. The van der Waals surface area contributed by atoms with Gasteiger partial charge in [-0.25, -0.2) is 4.39 Å². The normalized spacial score (nSPS) is 14.6. The van der Waals surface area contributed by atoms with Gasteiger partial charge < -0.3 is 10.2 Å². The number of rotatable bonds is 3. The van der Waals surface area contributed by atoms with Crippen LogP contribution in [0.1, 0.15) is 19.3 Å². The van der Waals surface area contributed by atoms with Crippen molar-refractivity contribution < 1.29 is 14.0 Å². The van der Waals surface area contributed by atoms with Gasteiger partial charge >= 0.3 is 0 Å². The first-order chi connectivity index (χ1) is 8.66. The minimum absolute atomic E-state index is 0.108. The van der Waals surface area contributed by atoms with Gasteiger partial charge in [0, 0.05) is 13.1 Å². The molecule has 0 saturated carbocycles. The van der Waals surface area contributed by atoms with Crippen LogP contribution in [-0.4, -0.2) is 29.8 Å². The molecule has 0 spiro atoms. The van der Waals surface area contributed by atoms with E-state index in [9.17, 15) is 14.0 Å². The molecule has 0 atom stereocenters. The molecule has 5 heteroatoms. The van der Waals surface area contributed by atoms with Crippen molar-refractivity contribution in [1.82, 2.24) is 4.90 Å². The van der Waals surface area contributed by atoms with E-state index < -0.39 is 11.7 Å². The van der Waals surface area contributed by atoms with Gasteiger partial charge in [0.15, 0.2) is 0 Å². The number of benzene rings is 1. The lowest BCUT2D eigenvalue weighted by Crippen LogP contribution is -2.31. The molecule has 0 bridgehead atoms. The highest BCUT2D eigenvalue weighted by Crippen LogP contribution is 2.13. The molecule has 1 heterocycles. The highest BCUT2D eigenvalue weighted by molar-refractivity contribution is 6.03. The highest BCUT2D eigenvalue weighted by Gasteiger charge is 2.20. The highest BCUT2D eigenvalue weighted by atomic mass is 19.1. The van der Waals surface area contributed by atoms with E-state index in [1.807, 2.05) is 0 Å². The summed E-state index contributed by atoms with van der Waals surface area (Å²) in [5.74, 6) is -1.17. The number of nitrogens with zero attached hydrogens (tertiary/aromatic N) is 1. The van der Waals surface area contributed by atoms with Crippen LogP contribution < -0.4 is 5.32 Å². The van der Waals surface area contributed by atoms with E-state index in [0.29, 0.717) is 13.1 Å². The zero-order valence-corrected chi connectivity index (χ0v) is 9.99. The van der Waals surface area contributed by atoms with Gasteiger partial charge in [-0.1, -0.05) is 12.1 Å². The van der Waals surface area contributed by atoms with E-state index in [-0.39, 0.29) is 18.0 Å². The van der Waals surface area contributed by atoms with Crippen LogP contribution in [0.5, 0.6) is 0 Å². The topological polar surface area (TPSA) is 49.4 Å². The molecular weight excluding hydrogens is 235 g/mol. The first-order valence-corrected chi connectivity index (χ1v) is 5.99. The average Bonchev–Trinajstić information content (AvgIpc) is 2.85. The number of amides is 2. The number of para-hydroxylation sites is 1. The zero-order valence-electron chi connectivity index (χ0n) is 9.99. The van der Waals surface area contributed by atoms with Gasteiger partial charge in [0.25, 0.3) is 0 Å². The molecule has 1 aliphatic rings. The first kappa shape index (κ1) is 12.5. The van der Waals surface area contributed by atoms with Crippen molar-refractivity contribution in [2.75, 3.05) is 18.4 Å². The Hall–Kier alpha value is -1.91. The Bertz CT molecular complexity index is 456. The Morgan fingerprint density at radius 1 is 1.22 bits per heavy atom. The maximum absolute atomic E-state index is 13.3. The minimum Gasteiger partial charge on any atom is -0.342 e. The van der Waals surface area contributed by atoms with Gasteiger partial charge in [-0.05, 0) is 25.0 Å². The molecule has 2 rings (SSSR count). The number of hydrogen-bond acceptors (Lipinski definition) is 2. The van der Waals surface area contributed by atoms with Gasteiger partial charge in [-0.15, -0.1) is 0 Å². The second-order valence-corrected chi connectivity index (χ2v) is 4.29. The van der Waals surface area contributed by atoms with Crippen LogP contribution in [0.15, 0.2) is 24.3 Å². The van der Waals surface area contributed by atoms with Crippen LogP contribution in [0, 0.1) is 5.82 Å². The molecule has 0 aromatic heterocycles. The fourth-order valence-electron chi connectivity index (χ4n) is 1.97. The Morgan fingerprint density at radius 3 is 2.56 bits per heavy atom. The molecule has 18 heavy (non-hydrogen) atoms. The van der Waals surface area contributed by atoms with Gasteiger partial charge in [-0.3, -0.25) is 9.59 Å². The standard InChI is InChI=1S/C13H15FN2O2/c14-10-5-1-2-6-11(10)15-12(17)9-13(18)16-7-3-4-8-16/h1-2,5-6H,3-4,7-9H2,(H,15,17). The fraction of sp³-hybridized carbons (Fsp3) is 0.385. The molecule has 1 aromatic rings. The summed E-state index contributed by atoms with van der Waals surface area (Å²) in [5.41, 5.74) is 0.108. The van der Waals surface area contributed by atoms with Crippen molar-refractivity contribution in [3.63, 3.8) is 0 Å². The first-order valence-electron chi connectivity index (χ1n) is 5.99. The van der Waals surface area contributed by atoms with E-state index in [4.69, 9.17) is 0 Å². The monoisotopic (exact) mass is 250 g/mol. The van der Waals surface area contributed by atoms with E-state index in [1.165, 1.54) is 12.1 Å². The third-order valence-corrected chi connectivity index (χ3v) is 2.92. The van der Waals surface area contributed by atoms with Gasteiger partial charge in [-0.2, -0.15) is 0 Å². The molecule has 2 amide bonds. The Kier molecular flexibility index (Phi) is 3.92. The smallest absolute Gasteiger partial charge is 0.233 e. The molecule has 1 saturated heterocycles. The lowest BCUT2D eigenvalue weighted by atomic mass is 10.3. The molecule has 1 fully saturated rings. The molecule has 1 aliphatic heterocycles. The largest absolute Gasteiger partial charge is 0.342 e. The maximum atomic E-state index is 13.3. The average molecular weight is 250 g/mol. The summed E-state index contributed by atoms with van der Waals surface area (Å²) >= 11 is 0. The van der Waals surface area contributed by atoms with Gasteiger partial charge in [0.1, 0.15) is 12.2 Å². The quantitative estimate of drug-likeness (QED) is 0.831. The van der Waals surface area contributed by atoms with E-state index in [0.717, 1.165) is 12.8 Å². The maximum Gasteiger partial charge on any atom is 0.233 e. The van der Waals surface area contributed by atoms with E-state index in [1.54, 1.807) is 17.0 Å². The minimum atomic E-state index is -0.500. The number of anilines is 1. The number of carbonyl (C=O) groups excluding carboxylic acids is 2. The third kappa shape index (κ3) is 3.06. The molecule has 1 N–H and O–H groups in total. The lowest BCUT2D eigenvalue weighted by Gasteiger charge is -2.14. The molecule has 4 nitrogen and oxygen atoms in total. The van der Waals surface area contributed by atoms with E-state index in [2.05, 4.69) is 5.32 Å². The van der Waals surface area contributed by atoms with Crippen molar-refractivity contribution in [3.05, 3.63) is 30.1 Å². The van der Waals surface area contributed by atoms with Crippen LogP contribution in [0.4, 0.5) is 10.1 Å². The van der Waals surface area contributed by atoms with Gasteiger partial charge in [0.05, 0.1) is 5.69 Å². The van der Waals surface area contributed by atoms with Crippen molar-refractivity contribution in [2.45, 2.75) is 19.3 Å². The second-order valence-electron chi connectivity index (χ2n) is 4.29. The molecular formula is C13H15FN2O2. The fourth-order valence-corrected chi connectivity index (χ4v) is 1.97. The number of carbonyl (C=O) groups is 2. The SMILES string of the molecule is O=C(CC(=O)N1CCCC1)Nc1ccccc1F. The molecule has 96 valence electrons. The van der Waals surface area contributed by atoms with Gasteiger partial charge in [0.2, 0.25) is 11.8 Å². The van der Waals surface area contributed by atoms with Crippen LogP contribution in [-0.2, 0) is 9.59 Å². The summed E-state index contributed by atoms with van der Waals surface area (Å²) < 4.78 is 13.3. The third-order valence-electron chi connectivity index (χ3n) is 2.92. The lowest BCUT2D eigenvalue weighted by molar-refractivity contribution is -0.133. The Balaban J connectivity index is 1.89. The molecule has 0 aliphatic carbocycles. The predicted molar refractivity (Wildman–Crippen MR) is 65.5 cm³/mol. The predicted octanol–water partition coefficient (Wildman–Crippen LogP) is 1.78. The number of hydrogen-bond donors (Lipinski definition) is 1. The van der Waals surface area contributed by atoms with E-state index >= 15 is 0 Å². The Labute approximate surface area is 105 Å². The second kappa shape index (κ2) is 5.62. The summed E-state index contributed by atoms with van der Waals surface area (Å²) in [4.78, 5) is 25.0. The number of likely N-dealkylation sites (tertiary alicyclic amines) is 1. The van der Waals surface area contributed by atoms with Crippen molar-refractivity contribution in [1.29, 1.82) is 0 Å². The molecule has 1 aromatic carbocycles. The Morgan fingerprint density at radius 2 is 1.89 bits per heavy atom. The zero-order chi connectivity index (χ0) is 13.0. The summed E-state index contributed by atoms with van der Waals surface area (Å²) in [6.07, 6.45) is 1.75. The van der Waals surface area contributed by atoms with Crippen molar-refractivity contribution in [2.24, 2.45) is 0 Å². The summed E-state index contributed by atoms with van der Waals surface area (Å²) in [6, 6.07) is 5.90. The van der Waals surface area contributed by atoms with Crippen LogP contribution in [0.3, 0.4) is 0 Å². The molecule has 0 unspecified atom stereocenters. The van der Waals surface area contributed by atoms with Crippen LogP contribution in [0.2, 0.25) is 0 Å². The number of nitrogens with one attached hydrogen (secondary N) is 1.